The van der Waals surface area contributed by atoms with Crippen LogP contribution in [0.1, 0.15) is 16.8 Å². The molecule has 1 aromatic heterocycles. The molecule has 0 saturated carbocycles. The van der Waals surface area contributed by atoms with Crippen molar-refractivity contribution in [3.8, 4) is 0 Å². The lowest BCUT2D eigenvalue weighted by Gasteiger charge is -2.12. The summed E-state index contributed by atoms with van der Waals surface area (Å²) >= 11 is 0. The fourth-order valence-corrected chi connectivity index (χ4v) is 1.78. The first-order chi connectivity index (χ1) is 9.99. The minimum Gasteiger partial charge on any atom is -0.370 e. The molecule has 0 bridgehead atoms. The van der Waals surface area contributed by atoms with Crippen molar-refractivity contribution in [1.82, 2.24) is 20.1 Å². The molecule has 1 amide bonds. The zero-order chi connectivity index (χ0) is 15.7. The lowest BCUT2D eigenvalue weighted by atomic mass is 10.2. The lowest BCUT2D eigenvalue weighted by Crippen LogP contribution is -2.31. The summed E-state index contributed by atoms with van der Waals surface area (Å²) in [5, 5.41) is 6.14. The Morgan fingerprint density at radius 2 is 1.86 bits per heavy atom. The first-order valence-corrected chi connectivity index (χ1v) is 7.26. The SMILES string of the molecule is CN(C)CCCNc1cc(C(=O)NCCN(C)C)ccn1. The molecule has 0 saturated heterocycles. The second kappa shape index (κ2) is 9.31. The maximum absolute atomic E-state index is 12.0. The van der Waals surface area contributed by atoms with Gasteiger partial charge in [-0.3, -0.25) is 4.79 Å². The Morgan fingerprint density at radius 3 is 2.52 bits per heavy atom. The van der Waals surface area contributed by atoms with Crippen LogP contribution in [0.5, 0.6) is 0 Å². The van der Waals surface area contributed by atoms with Crippen molar-refractivity contribution in [3.05, 3.63) is 23.9 Å². The highest BCUT2D eigenvalue weighted by molar-refractivity contribution is 5.94. The van der Waals surface area contributed by atoms with Crippen molar-refractivity contribution >= 4 is 11.7 Å². The Morgan fingerprint density at radius 1 is 1.14 bits per heavy atom. The van der Waals surface area contributed by atoms with Gasteiger partial charge in [0.1, 0.15) is 5.82 Å². The van der Waals surface area contributed by atoms with E-state index in [0.29, 0.717) is 12.1 Å². The van der Waals surface area contributed by atoms with Crippen LogP contribution in [0, 0.1) is 0 Å². The van der Waals surface area contributed by atoms with Crippen LogP contribution in [0.4, 0.5) is 5.82 Å². The molecule has 0 aliphatic rings. The second-order valence-electron chi connectivity index (χ2n) is 5.57. The van der Waals surface area contributed by atoms with Gasteiger partial charge in [0.15, 0.2) is 0 Å². The largest absolute Gasteiger partial charge is 0.370 e. The molecule has 1 aromatic rings. The number of nitrogens with one attached hydrogen (secondary N) is 2. The highest BCUT2D eigenvalue weighted by Gasteiger charge is 2.06. The number of hydrogen-bond acceptors (Lipinski definition) is 5. The van der Waals surface area contributed by atoms with Crippen LogP contribution in [0.25, 0.3) is 0 Å². The Hall–Kier alpha value is -1.66. The van der Waals surface area contributed by atoms with Gasteiger partial charge in [0.2, 0.25) is 0 Å². The van der Waals surface area contributed by atoms with Crippen LogP contribution in [0.3, 0.4) is 0 Å². The van der Waals surface area contributed by atoms with E-state index in [-0.39, 0.29) is 5.91 Å². The van der Waals surface area contributed by atoms with E-state index in [9.17, 15) is 4.79 Å². The summed E-state index contributed by atoms with van der Waals surface area (Å²) in [5.74, 6) is 0.685. The average Bonchev–Trinajstić information content (AvgIpc) is 2.43. The minimum atomic E-state index is -0.0596. The van der Waals surface area contributed by atoms with Crippen LogP contribution >= 0.6 is 0 Å². The second-order valence-corrected chi connectivity index (χ2v) is 5.57. The van der Waals surface area contributed by atoms with Crippen LogP contribution in [0.15, 0.2) is 18.3 Å². The molecule has 0 radical (unpaired) electrons. The molecule has 0 atom stereocenters. The van der Waals surface area contributed by atoms with Gasteiger partial charge in [0, 0.05) is 31.4 Å². The van der Waals surface area contributed by atoms with E-state index in [2.05, 4.69) is 34.6 Å². The molecule has 0 unspecified atom stereocenters. The molecular formula is C15H27N5O. The van der Waals surface area contributed by atoms with Crippen molar-refractivity contribution in [2.45, 2.75) is 6.42 Å². The van der Waals surface area contributed by atoms with Crippen LogP contribution < -0.4 is 10.6 Å². The molecular weight excluding hydrogens is 266 g/mol. The first kappa shape index (κ1) is 17.4. The summed E-state index contributed by atoms with van der Waals surface area (Å²) in [5.41, 5.74) is 0.638. The molecule has 1 heterocycles. The number of amides is 1. The van der Waals surface area contributed by atoms with E-state index in [4.69, 9.17) is 0 Å². The van der Waals surface area contributed by atoms with Crippen molar-refractivity contribution in [2.75, 3.05) is 59.7 Å². The topological polar surface area (TPSA) is 60.5 Å². The van der Waals surface area contributed by atoms with Gasteiger partial charge in [0.05, 0.1) is 0 Å². The van der Waals surface area contributed by atoms with E-state index in [1.165, 1.54) is 0 Å². The van der Waals surface area contributed by atoms with Gasteiger partial charge in [-0.2, -0.15) is 0 Å². The predicted octanol–water partition coefficient (Wildman–Crippen LogP) is 0.737. The van der Waals surface area contributed by atoms with Gasteiger partial charge in [-0.1, -0.05) is 0 Å². The summed E-state index contributed by atoms with van der Waals surface area (Å²) in [6.45, 7) is 3.33. The summed E-state index contributed by atoms with van der Waals surface area (Å²) in [4.78, 5) is 20.4. The number of hydrogen-bond donors (Lipinski definition) is 2. The number of pyridine rings is 1. The highest BCUT2D eigenvalue weighted by atomic mass is 16.1. The van der Waals surface area contributed by atoms with Crippen LogP contribution in [-0.2, 0) is 0 Å². The number of nitrogens with zero attached hydrogens (tertiary/aromatic N) is 3. The predicted molar refractivity (Wildman–Crippen MR) is 86.8 cm³/mol. The molecule has 0 aliphatic carbocycles. The van der Waals surface area contributed by atoms with E-state index >= 15 is 0 Å². The average molecular weight is 293 g/mol. The number of rotatable bonds is 9. The summed E-state index contributed by atoms with van der Waals surface area (Å²) in [6, 6.07) is 3.52. The van der Waals surface area contributed by atoms with E-state index < -0.39 is 0 Å². The van der Waals surface area contributed by atoms with Gasteiger partial charge in [-0.05, 0) is 53.3 Å². The number of carbonyl (C=O) groups excluding carboxylic acids is 1. The molecule has 2 N–H and O–H groups in total. The highest BCUT2D eigenvalue weighted by Crippen LogP contribution is 2.06. The fourth-order valence-electron chi connectivity index (χ4n) is 1.78. The Balaban J connectivity index is 2.42. The third kappa shape index (κ3) is 7.63. The minimum absolute atomic E-state index is 0.0596. The van der Waals surface area contributed by atoms with Gasteiger partial charge in [-0.25, -0.2) is 4.98 Å². The van der Waals surface area contributed by atoms with Gasteiger partial charge >= 0.3 is 0 Å². The Labute approximate surface area is 127 Å². The fraction of sp³-hybridized carbons (Fsp3) is 0.600. The monoisotopic (exact) mass is 293 g/mol. The van der Waals surface area contributed by atoms with E-state index in [1.54, 1.807) is 18.3 Å². The van der Waals surface area contributed by atoms with Crippen LogP contribution in [0.2, 0.25) is 0 Å². The molecule has 0 spiro atoms. The molecule has 6 nitrogen and oxygen atoms in total. The van der Waals surface area contributed by atoms with Crippen molar-refractivity contribution in [2.24, 2.45) is 0 Å². The van der Waals surface area contributed by atoms with Crippen LogP contribution in [-0.4, -0.2) is 75.1 Å². The zero-order valence-electron chi connectivity index (χ0n) is 13.5. The molecule has 0 fully saturated rings. The number of aromatic nitrogens is 1. The number of carbonyl (C=O) groups is 1. The summed E-state index contributed by atoms with van der Waals surface area (Å²) < 4.78 is 0. The van der Waals surface area contributed by atoms with E-state index in [0.717, 1.165) is 31.9 Å². The quantitative estimate of drug-likeness (QED) is 0.658. The smallest absolute Gasteiger partial charge is 0.251 e. The number of anilines is 1. The van der Waals surface area contributed by atoms with Gasteiger partial charge < -0.3 is 20.4 Å². The van der Waals surface area contributed by atoms with Gasteiger partial charge in [0.25, 0.3) is 5.91 Å². The van der Waals surface area contributed by atoms with E-state index in [1.807, 2.05) is 19.0 Å². The molecule has 1 rings (SSSR count). The van der Waals surface area contributed by atoms with Gasteiger partial charge in [-0.15, -0.1) is 0 Å². The Kier molecular flexibility index (Phi) is 7.71. The first-order valence-electron chi connectivity index (χ1n) is 7.26. The summed E-state index contributed by atoms with van der Waals surface area (Å²) in [7, 11) is 8.07. The van der Waals surface area contributed by atoms with Crippen molar-refractivity contribution < 1.29 is 4.79 Å². The molecule has 6 heteroatoms. The molecule has 118 valence electrons. The third-order valence-corrected chi connectivity index (χ3v) is 2.95. The molecule has 0 aliphatic heterocycles. The maximum Gasteiger partial charge on any atom is 0.251 e. The number of likely N-dealkylation sites (N-methyl/N-ethyl adjacent to an activating group) is 1. The molecule has 21 heavy (non-hydrogen) atoms. The lowest BCUT2D eigenvalue weighted by molar-refractivity contribution is 0.0951. The summed E-state index contributed by atoms with van der Waals surface area (Å²) in [6.07, 6.45) is 2.70. The standard InChI is InChI=1S/C15H27N5O/c1-19(2)10-5-7-16-14-12-13(6-8-17-14)15(21)18-9-11-20(3)4/h6,8,12H,5,7,9-11H2,1-4H3,(H,16,17)(H,18,21). The molecule has 0 aromatic carbocycles. The van der Waals surface area contributed by atoms with Crippen molar-refractivity contribution in [3.63, 3.8) is 0 Å². The third-order valence-electron chi connectivity index (χ3n) is 2.95. The normalized spacial score (nSPS) is 11.0. The zero-order valence-corrected chi connectivity index (χ0v) is 13.5. The Bertz CT molecular complexity index is 434. The van der Waals surface area contributed by atoms with Crippen molar-refractivity contribution in [1.29, 1.82) is 0 Å². The maximum atomic E-state index is 12.0.